The van der Waals surface area contributed by atoms with Crippen molar-refractivity contribution >= 4 is 43.0 Å². The van der Waals surface area contributed by atoms with Crippen molar-refractivity contribution in [2.75, 3.05) is 20.3 Å². The fourth-order valence-corrected chi connectivity index (χ4v) is 7.08. The predicted molar refractivity (Wildman–Crippen MR) is 164 cm³/mol. The Morgan fingerprint density at radius 3 is 2.55 bits per heavy atom. The lowest BCUT2D eigenvalue weighted by Crippen LogP contribution is -2.20. The second-order valence-corrected chi connectivity index (χ2v) is 13.0. The molecule has 0 aliphatic carbocycles. The number of sulfonamides is 1. The van der Waals surface area contributed by atoms with Crippen molar-refractivity contribution in [3.63, 3.8) is 0 Å². The summed E-state index contributed by atoms with van der Waals surface area (Å²) in [6.07, 6.45) is 3.65. The van der Waals surface area contributed by atoms with E-state index >= 15 is 0 Å². The Hall–Kier alpha value is -4.19. The van der Waals surface area contributed by atoms with Gasteiger partial charge in [-0.25, -0.2) is 22.9 Å². The molecule has 0 bridgehead atoms. The second kappa shape index (κ2) is 9.69. The quantitative estimate of drug-likeness (QED) is 0.310. The SMILES string of the molecule is CNS(=O)(=O)c1ccc2nc(-c3c[nH]c4cc(C)ccc34)n(-c3cc(C4CCOCC4)c4c(c3)n(C)c(=O)n4C)c2c1. The second-order valence-electron chi connectivity index (χ2n) is 11.1. The van der Waals surface area contributed by atoms with Gasteiger partial charge < -0.3 is 9.72 Å². The number of nitrogens with one attached hydrogen (secondary N) is 2. The van der Waals surface area contributed by atoms with Gasteiger partial charge in [0.2, 0.25) is 10.0 Å². The summed E-state index contributed by atoms with van der Waals surface area (Å²) in [5.41, 5.74) is 7.85. The molecule has 1 saturated heterocycles. The first-order valence-corrected chi connectivity index (χ1v) is 15.5. The fraction of sp³-hybridized carbons (Fsp3) is 0.290. The van der Waals surface area contributed by atoms with Crippen molar-refractivity contribution in [3.05, 3.63) is 76.3 Å². The van der Waals surface area contributed by atoms with E-state index in [0.29, 0.717) is 30.1 Å². The van der Waals surface area contributed by atoms with Crippen LogP contribution < -0.4 is 10.4 Å². The number of benzene rings is 3. The van der Waals surface area contributed by atoms with Gasteiger partial charge in [-0.3, -0.25) is 13.7 Å². The van der Waals surface area contributed by atoms with E-state index in [9.17, 15) is 13.2 Å². The van der Waals surface area contributed by atoms with Crippen LogP contribution in [0.4, 0.5) is 0 Å². The molecule has 0 unspecified atom stereocenters. The highest BCUT2D eigenvalue weighted by atomic mass is 32.2. The van der Waals surface area contributed by atoms with Crippen LogP contribution in [-0.4, -0.2) is 52.3 Å². The Balaban J connectivity index is 1.59. The molecule has 0 spiro atoms. The highest BCUT2D eigenvalue weighted by molar-refractivity contribution is 7.89. The number of aromatic nitrogens is 5. The van der Waals surface area contributed by atoms with Crippen LogP contribution in [0.5, 0.6) is 0 Å². The summed E-state index contributed by atoms with van der Waals surface area (Å²) in [5.74, 6) is 0.890. The van der Waals surface area contributed by atoms with E-state index in [1.54, 1.807) is 34.4 Å². The number of imidazole rings is 2. The first-order valence-electron chi connectivity index (χ1n) is 14.0. The molecule has 0 saturated carbocycles. The van der Waals surface area contributed by atoms with Crippen molar-refractivity contribution in [2.45, 2.75) is 30.6 Å². The van der Waals surface area contributed by atoms with E-state index in [2.05, 4.69) is 40.9 Å². The van der Waals surface area contributed by atoms with Crippen LogP contribution in [-0.2, 0) is 28.9 Å². The minimum atomic E-state index is -3.70. The van der Waals surface area contributed by atoms with Gasteiger partial charge >= 0.3 is 5.69 Å². The van der Waals surface area contributed by atoms with Gasteiger partial charge in [-0.2, -0.15) is 0 Å². The maximum Gasteiger partial charge on any atom is 0.328 e. The number of hydrogen-bond acceptors (Lipinski definition) is 5. The van der Waals surface area contributed by atoms with Gasteiger partial charge in [-0.1, -0.05) is 12.1 Å². The zero-order valence-corrected chi connectivity index (χ0v) is 24.7. The first-order chi connectivity index (χ1) is 20.2. The lowest BCUT2D eigenvalue weighted by Gasteiger charge is -2.24. The maximum absolute atomic E-state index is 13.2. The third kappa shape index (κ3) is 4.03. The molecule has 0 amide bonds. The monoisotopic (exact) mass is 584 g/mol. The van der Waals surface area contributed by atoms with Crippen LogP contribution in [0, 0.1) is 6.92 Å². The van der Waals surface area contributed by atoms with E-state index in [4.69, 9.17) is 9.72 Å². The number of fused-ring (bicyclic) bond motifs is 3. The summed E-state index contributed by atoms with van der Waals surface area (Å²) >= 11 is 0. The normalized spacial score (nSPS) is 15.0. The van der Waals surface area contributed by atoms with Gasteiger partial charge in [-0.15, -0.1) is 0 Å². The number of H-pyrrole nitrogens is 1. The molecule has 0 atom stereocenters. The average Bonchev–Trinajstić information content (AvgIpc) is 3.65. The number of nitrogens with zero attached hydrogens (tertiary/aromatic N) is 4. The molecule has 10 nitrogen and oxygen atoms in total. The molecule has 4 heterocycles. The standard InChI is InChI=1S/C31H32N6O4S/c1-18-5-7-22-24(17-33-26(22)13-18)30-34-25-8-6-21(42(39,40)32-2)16-27(25)37(30)20-14-23(19-9-11-41-12-10-19)29-28(15-20)35(3)31(38)36(29)4/h5-8,13-17,19,32-33H,9-12H2,1-4H3. The van der Waals surface area contributed by atoms with Gasteiger partial charge in [-0.05, 0) is 80.3 Å². The van der Waals surface area contributed by atoms with Gasteiger partial charge in [0, 0.05) is 50.0 Å². The van der Waals surface area contributed by atoms with Crippen molar-refractivity contribution in [1.82, 2.24) is 28.4 Å². The highest BCUT2D eigenvalue weighted by Crippen LogP contribution is 2.38. The Morgan fingerprint density at radius 2 is 1.79 bits per heavy atom. The summed E-state index contributed by atoms with van der Waals surface area (Å²) < 4.78 is 39.2. The highest BCUT2D eigenvalue weighted by Gasteiger charge is 2.26. The molecule has 11 heteroatoms. The fourth-order valence-electron chi connectivity index (χ4n) is 6.33. The topological polar surface area (TPSA) is 116 Å². The van der Waals surface area contributed by atoms with E-state index in [0.717, 1.165) is 57.2 Å². The zero-order chi connectivity index (χ0) is 29.3. The molecular weight excluding hydrogens is 552 g/mol. The van der Waals surface area contributed by atoms with Crippen LogP contribution in [0.15, 0.2) is 64.4 Å². The minimum absolute atomic E-state index is 0.0967. The van der Waals surface area contributed by atoms with E-state index in [1.807, 2.05) is 23.9 Å². The number of rotatable bonds is 5. The van der Waals surface area contributed by atoms with Crippen molar-refractivity contribution in [3.8, 4) is 17.1 Å². The summed E-state index contributed by atoms with van der Waals surface area (Å²) in [6.45, 7) is 3.38. The van der Waals surface area contributed by atoms with Crippen LogP contribution in [0.1, 0.15) is 29.9 Å². The number of aromatic amines is 1. The van der Waals surface area contributed by atoms with Crippen LogP contribution >= 0.6 is 0 Å². The number of ether oxygens (including phenoxy) is 1. The maximum atomic E-state index is 13.2. The summed E-state index contributed by atoms with van der Waals surface area (Å²) in [4.78, 5) is 21.7. The van der Waals surface area contributed by atoms with Crippen molar-refractivity contribution in [2.24, 2.45) is 14.1 Å². The Morgan fingerprint density at radius 1 is 1.00 bits per heavy atom. The van der Waals surface area contributed by atoms with E-state index < -0.39 is 10.0 Å². The molecule has 1 aliphatic rings. The summed E-state index contributed by atoms with van der Waals surface area (Å²) in [7, 11) is 1.30. The smallest absolute Gasteiger partial charge is 0.328 e. The number of aryl methyl sites for hydroxylation is 3. The average molecular weight is 585 g/mol. The molecule has 3 aromatic heterocycles. The summed E-state index contributed by atoms with van der Waals surface area (Å²) in [6, 6.07) is 15.4. The Bertz CT molecular complexity index is 2200. The van der Waals surface area contributed by atoms with Crippen LogP contribution in [0.25, 0.3) is 50.0 Å². The molecule has 7 rings (SSSR count). The molecule has 3 aromatic carbocycles. The third-order valence-corrected chi connectivity index (χ3v) is 9.99. The minimum Gasteiger partial charge on any atom is -0.381 e. The molecular formula is C31H32N6O4S. The molecule has 216 valence electrons. The summed E-state index contributed by atoms with van der Waals surface area (Å²) in [5, 5.41) is 1.01. The molecule has 42 heavy (non-hydrogen) atoms. The first kappa shape index (κ1) is 26.7. The Labute approximate surface area is 242 Å². The molecule has 1 fully saturated rings. The zero-order valence-electron chi connectivity index (χ0n) is 23.9. The number of hydrogen-bond donors (Lipinski definition) is 2. The van der Waals surface area contributed by atoms with Gasteiger partial charge in [0.15, 0.2) is 0 Å². The lowest BCUT2D eigenvalue weighted by atomic mass is 9.90. The Kier molecular flexibility index (Phi) is 6.16. The molecule has 1 aliphatic heterocycles. The van der Waals surface area contributed by atoms with Gasteiger partial charge in [0.25, 0.3) is 0 Å². The third-order valence-electron chi connectivity index (χ3n) is 8.58. The van der Waals surface area contributed by atoms with Crippen molar-refractivity contribution < 1.29 is 13.2 Å². The predicted octanol–water partition coefficient (Wildman–Crippen LogP) is 4.47. The van der Waals surface area contributed by atoms with E-state index in [1.165, 1.54) is 7.05 Å². The van der Waals surface area contributed by atoms with Crippen molar-refractivity contribution in [1.29, 1.82) is 0 Å². The van der Waals surface area contributed by atoms with Gasteiger partial charge in [0.05, 0.1) is 32.6 Å². The lowest BCUT2D eigenvalue weighted by molar-refractivity contribution is 0.0855. The van der Waals surface area contributed by atoms with Crippen LogP contribution in [0.3, 0.4) is 0 Å². The molecule has 2 N–H and O–H groups in total. The van der Waals surface area contributed by atoms with E-state index in [-0.39, 0.29) is 16.5 Å². The van der Waals surface area contributed by atoms with Crippen LogP contribution in [0.2, 0.25) is 0 Å². The largest absolute Gasteiger partial charge is 0.381 e. The molecule has 0 radical (unpaired) electrons. The van der Waals surface area contributed by atoms with Gasteiger partial charge in [0.1, 0.15) is 5.82 Å². The molecule has 6 aromatic rings.